The molecule has 74 heavy (non-hydrogen) atoms. The van der Waals surface area contributed by atoms with Gasteiger partial charge in [0.1, 0.15) is 36.3 Å². The van der Waals surface area contributed by atoms with E-state index < -0.39 is 84.6 Å². The Morgan fingerprint density at radius 3 is 2.46 bits per heavy atom. The maximum Gasteiger partial charge on any atom is 0.481 e. The highest BCUT2D eigenvalue weighted by molar-refractivity contribution is 8.14. The number of fused-ring (bicyclic) bond motifs is 6. The number of nitrogens with zero attached hydrogens (tertiary/aromatic N) is 4. The molecule has 3 heterocycles. The highest BCUT2D eigenvalue weighted by Crippen LogP contribution is 2.67. The van der Waals surface area contributed by atoms with Crippen molar-refractivity contribution in [1.29, 1.82) is 0 Å². The minimum Gasteiger partial charge on any atom is -0.393 e. The van der Waals surface area contributed by atoms with Gasteiger partial charge in [-0.2, -0.15) is 4.31 Å². The summed E-state index contributed by atoms with van der Waals surface area (Å²) >= 11 is 1.09. The Labute approximate surface area is 432 Å². The van der Waals surface area contributed by atoms with Crippen LogP contribution >= 0.6 is 35.2 Å². The van der Waals surface area contributed by atoms with E-state index in [1.165, 1.54) is 38.7 Å². The molecule has 2 aromatic rings. The monoisotopic (exact) mass is 1120 g/mol. The highest BCUT2D eigenvalue weighted by atomic mass is 32.2. The summed E-state index contributed by atoms with van der Waals surface area (Å²) in [6.45, 7) is 7.61. The number of aromatic nitrogens is 4. The summed E-state index contributed by atoms with van der Waals surface area (Å²) in [5.41, 5.74) is 6.15. The van der Waals surface area contributed by atoms with Gasteiger partial charge < -0.3 is 56.0 Å². The van der Waals surface area contributed by atoms with Crippen LogP contribution in [0.4, 0.5) is 5.82 Å². The summed E-state index contributed by atoms with van der Waals surface area (Å²) in [7, 11) is -16.5. The van der Waals surface area contributed by atoms with Crippen LogP contribution in [0.3, 0.4) is 0 Å². The molecular formula is C45H70N7O18P3S. The van der Waals surface area contributed by atoms with Crippen molar-refractivity contribution in [2.75, 3.05) is 37.8 Å². The molecule has 2 unspecified atom stereocenters. The minimum atomic E-state index is -5.59. The number of carbonyl (C=O) groups excluding carboxylic acids is 3. The van der Waals surface area contributed by atoms with E-state index in [2.05, 4.69) is 61.3 Å². The van der Waals surface area contributed by atoms with Gasteiger partial charge in [-0.05, 0) is 97.9 Å². The van der Waals surface area contributed by atoms with Crippen LogP contribution in [0, 0.1) is 45.8 Å². The van der Waals surface area contributed by atoms with Gasteiger partial charge in [0.15, 0.2) is 17.7 Å². The van der Waals surface area contributed by atoms with Gasteiger partial charge in [0.25, 0.3) is 0 Å². The van der Waals surface area contributed by atoms with Gasteiger partial charge in [0.2, 0.25) is 16.9 Å². The molecule has 1 saturated heterocycles. The zero-order valence-electron chi connectivity index (χ0n) is 41.9. The first kappa shape index (κ1) is 58.7. The van der Waals surface area contributed by atoms with Gasteiger partial charge in [-0.1, -0.05) is 64.1 Å². The molecule has 5 aliphatic rings. The first-order valence-corrected chi connectivity index (χ1v) is 30.2. The topological polar surface area (TPSA) is 384 Å². The number of anilines is 1. The SMILES string of the molecule is C[C@H](/C=C/C(=O)SCCNC(=O)CCNC(=O)[C@H](O)C(C)(C)COP(=O)(O)OP(=O)(O)OC[C@H]1O[C@@H](n2cnc3c(N)ncnc32)[C@H](O)[C@@H]1OP(=O)(O)O)[C@H]1CC[C@H]2[C@@H]3CC=C4C[C@@H](O)CC[C@]4(C)[C@H]3CC[C@]12C. The second-order valence-electron chi connectivity index (χ2n) is 21.3. The summed E-state index contributed by atoms with van der Waals surface area (Å²) < 4.78 is 62.7. The number of imidazole rings is 1. The first-order valence-electron chi connectivity index (χ1n) is 24.7. The van der Waals surface area contributed by atoms with E-state index in [0.717, 1.165) is 61.1 Å². The largest absolute Gasteiger partial charge is 0.481 e. The predicted molar refractivity (Wildman–Crippen MR) is 267 cm³/mol. The van der Waals surface area contributed by atoms with Crippen LogP contribution in [0.5, 0.6) is 0 Å². The van der Waals surface area contributed by atoms with E-state index in [1.54, 1.807) is 6.08 Å². The molecule has 414 valence electrons. The molecule has 2 amide bonds. The number of allylic oxidation sites excluding steroid dienone is 2. The van der Waals surface area contributed by atoms with Crippen molar-refractivity contribution >= 4 is 69.1 Å². The van der Waals surface area contributed by atoms with Gasteiger partial charge in [-0.15, -0.1) is 0 Å². The van der Waals surface area contributed by atoms with Crippen LogP contribution in [0.2, 0.25) is 0 Å². The summed E-state index contributed by atoms with van der Waals surface area (Å²) in [6.07, 6.45) is 7.55. The van der Waals surface area contributed by atoms with Gasteiger partial charge in [0, 0.05) is 30.7 Å². The van der Waals surface area contributed by atoms with Crippen molar-refractivity contribution in [3.05, 3.63) is 36.5 Å². The van der Waals surface area contributed by atoms with Crippen molar-refractivity contribution < 1.29 is 85.6 Å². The smallest absolute Gasteiger partial charge is 0.393 e. The number of nitrogen functional groups attached to an aromatic ring is 1. The Hall–Kier alpha value is -3.00. The Bertz CT molecular complexity index is 2600. The van der Waals surface area contributed by atoms with Gasteiger partial charge in [0.05, 0.1) is 25.6 Å². The summed E-state index contributed by atoms with van der Waals surface area (Å²) in [5.74, 6) is 1.56. The zero-order valence-corrected chi connectivity index (χ0v) is 45.4. The Balaban J connectivity index is 0.788. The number of nitrogens with one attached hydrogen (secondary N) is 2. The maximum atomic E-state index is 12.9. The predicted octanol–water partition coefficient (Wildman–Crippen LogP) is 3.80. The van der Waals surface area contributed by atoms with Crippen LogP contribution in [0.1, 0.15) is 98.6 Å². The second-order valence-corrected chi connectivity index (χ2v) is 26.7. The molecule has 29 heteroatoms. The Morgan fingerprint density at radius 2 is 1.73 bits per heavy atom. The number of phosphoric acid groups is 3. The van der Waals surface area contributed by atoms with E-state index in [0.29, 0.717) is 29.4 Å². The summed E-state index contributed by atoms with van der Waals surface area (Å²) in [6, 6.07) is 0. The molecule has 0 aromatic carbocycles. The molecule has 25 nitrogen and oxygen atoms in total. The van der Waals surface area contributed by atoms with Gasteiger partial charge in [-0.25, -0.2) is 28.6 Å². The van der Waals surface area contributed by atoms with Gasteiger partial charge in [-0.3, -0.25) is 32.5 Å². The first-order chi connectivity index (χ1) is 34.5. The number of amides is 2. The van der Waals surface area contributed by atoms with Crippen LogP contribution in [-0.4, -0.2) is 134 Å². The molecule has 7 rings (SSSR count). The third-order valence-electron chi connectivity index (χ3n) is 16.1. The molecule has 2 aromatic heterocycles. The highest BCUT2D eigenvalue weighted by Gasteiger charge is 2.59. The molecular weight excluding hydrogens is 1050 g/mol. The number of aliphatic hydroxyl groups is 3. The lowest BCUT2D eigenvalue weighted by molar-refractivity contribution is -0.137. The number of rotatable bonds is 22. The number of aliphatic hydroxyl groups excluding tert-OH is 3. The van der Waals surface area contributed by atoms with E-state index in [-0.39, 0.29) is 64.5 Å². The van der Waals surface area contributed by atoms with Crippen LogP contribution in [0.25, 0.3) is 11.2 Å². The van der Waals surface area contributed by atoms with Crippen molar-refractivity contribution in [3.63, 3.8) is 0 Å². The van der Waals surface area contributed by atoms with E-state index >= 15 is 0 Å². The van der Waals surface area contributed by atoms with Crippen LogP contribution in [-0.2, 0) is 50.7 Å². The number of carbonyl (C=O) groups is 3. The van der Waals surface area contributed by atoms with E-state index in [4.69, 9.17) is 19.5 Å². The third-order valence-corrected chi connectivity index (χ3v) is 20.0. The van der Waals surface area contributed by atoms with Gasteiger partial charge >= 0.3 is 23.5 Å². The van der Waals surface area contributed by atoms with Crippen molar-refractivity contribution in [1.82, 2.24) is 30.2 Å². The zero-order chi connectivity index (χ0) is 54.2. The molecule has 0 spiro atoms. The molecule has 15 atom stereocenters. The molecule has 4 fully saturated rings. The lowest BCUT2D eigenvalue weighted by Crippen LogP contribution is -2.50. The number of ether oxygens (including phenoxy) is 1. The molecule has 3 saturated carbocycles. The number of nitrogens with two attached hydrogens (primary N) is 1. The minimum absolute atomic E-state index is 0.0303. The lowest BCUT2D eigenvalue weighted by Gasteiger charge is -2.58. The average Bonchev–Trinajstić information content (AvgIpc) is 4.00. The van der Waals surface area contributed by atoms with Crippen LogP contribution < -0.4 is 16.4 Å². The lowest BCUT2D eigenvalue weighted by atomic mass is 9.47. The fourth-order valence-corrected chi connectivity index (χ4v) is 15.6. The normalized spacial score (nSPS) is 32.6. The average molecular weight is 1120 g/mol. The Kier molecular flexibility index (Phi) is 18.4. The third kappa shape index (κ3) is 13.5. The van der Waals surface area contributed by atoms with Crippen LogP contribution in [0.15, 0.2) is 36.5 Å². The molecule has 11 N–H and O–H groups in total. The fourth-order valence-electron chi connectivity index (χ4n) is 12.2. The van der Waals surface area contributed by atoms with E-state index in [9.17, 15) is 63.0 Å². The summed E-state index contributed by atoms with van der Waals surface area (Å²) in [5, 5.41) is 37.0. The number of phosphoric ester groups is 3. The maximum absolute atomic E-state index is 12.9. The molecule has 1 aliphatic heterocycles. The number of hydrogen-bond donors (Lipinski definition) is 10. The van der Waals surface area contributed by atoms with Crippen molar-refractivity contribution in [3.8, 4) is 0 Å². The number of hydrogen-bond acceptors (Lipinski definition) is 19. The molecule has 4 aliphatic carbocycles. The van der Waals surface area contributed by atoms with Crippen molar-refractivity contribution in [2.45, 2.75) is 129 Å². The quantitative estimate of drug-likeness (QED) is 0.0347. The van der Waals surface area contributed by atoms with Crippen molar-refractivity contribution in [2.24, 2.45) is 45.8 Å². The Morgan fingerprint density at radius 1 is 1.00 bits per heavy atom. The number of thioether (sulfide) groups is 1. The summed E-state index contributed by atoms with van der Waals surface area (Å²) in [4.78, 5) is 89.6. The molecule has 0 radical (unpaired) electrons. The second kappa shape index (κ2) is 23.1. The molecule has 0 bridgehead atoms. The fraction of sp³-hybridized carbons (Fsp3) is 0.733. The standard InChI is InChI=1S/C45H70N7O18P3S/c1-25(29-9-10-30-28-8-7-26-20-27(53)12-15-44(26,4)31(28)13-16-45(29,30)5)6-11-34(55)74-19-18-47-33(54)14-17-48-41(58)38(57)43(2,3)22-67-73(64,65)70-72(62,63)66-21-32-37(69-71(59,60)61)36(56)42(68-32)52-24-51-35-39(46)49-23-50-40(35)52/h6-7,11,23-25,27-32,36-38,42,53,56-57H,8-10,12-22H2,1-5H3,(H,47,54)(H,48,58)(H,62,63)(H,64,65)(H2,46,49,50)(H2,59,60,61)/b11-6+/t25-,27+,28+,29-,30+,31+,32-,36-,37-,38+,42-,44+,45-/m1/s1. The van der Waals surface area contributed by atoms with E-state index in [1.807, 2.05) is 6.08 Å².